The molecule has 1 heterocycles. The van der Waals surface area contributed by atoms with Crippen LogP contribution in [0, 0.1) is 0 Å². The molecule has 2 nitrogen and oxygen atoms in total. The lowest BCUT2D eigenvalue weighted by Gasteiger charge is -1.79. The largest absolute Gasteiger partial charge is 0.353 e. The molecule has 0 fully saturated rings. The number of hydrogen-bond acceptors (Lipinski definition) is 2. The van der Waals surface area contributed by atoms with Gasteiger partial charge in [-0.1, -0.05) is 5.01 Å². The minimum absolute atomic E-state index is 0.884. The van der Waals surface area contributed by atoms with Gasteiger partial charge in [-0.25, -0.2) is 0 Å². The molecule has 0 unspecified atom stereocenters. The normalized spacial score (nSPS) is 18.0. The zero-order chi connectivity index (χ0) is 5.28. The topological polar surface area (TPSA) is 17.3 Å². The zero-order valence-corrected chi connectivity index (χ0v) is 5.51. The Labute approximate surface area is 50.6 Å². The van der Waals surface area contributed by atoms with Gasteiger partial charge in [-0.05, 0) is 0 Å². The molecule has 0 aliphatic carbocycles. The highest BCUT2D eigenvalue weighted by Crippen LogP contribution is 1.94. The van der Waals surface area contributed by atoms with Crippen LogP contribution in [0.2, 0.25) is 0 Å². The summed E-state index contributed by atoms with van der Waals surface area (Å²) in [6.07, 6.45) is 3.77. The van der Waals surface area contributed by atoms with E-state index in [-0.39, 0.29) is 0 Å². The fourth-order valence-electron chi connectivity index (χ4n) is 0.387. The van der Waals surface area contributed by atoms with Crippen LogP contribution in [0.1, 0.15) is 0 Å². The highest BCUT2D eigenvalue weighted by molar-refractivity contribution is 9.18. The Morgan fingerprint density at radius 1 is 1.86 bits per heavy atom. The van der Waals surface area contributed by atoms with E-state index in [0.29, 0.717) is 0 Å². The van der Waals surface area contributed by atoms with Crippen molar-refractivity contribution in [3.05, 3.63) is 12.3 Å². The summed E-state index contributed by atoms with van der Waals surface area (Å²) in [6.45, 7) is 0. The van der Waals surface area contributed by atoms with Crippen molar-refractivity contribution in [3.63, 3.8) is 0 Å². The molecule has 0 bridgehead atoms. The molecule has 0 atom stereocenters. The van der Waals surface area contributed by atoms with Gasteiger partial charge >= 0.3 is 4.62 Å². The van der Waals surface area contributed by atoms with Crippen molar-refractivity contribution in [1.29, 1.82) is 0 Å². The molecule has 1 aliphatic rings. The Morgan fingerprint density at radius 2 is 2.57 bits per heavy atom. The fourth-order valence-corrected chi connectivity index (χ4v) is 0.755. The lowest BCUT2D eigenvalue weighted by Crippen LogP contribution is -2.09. The van der Waals surface area contributed by atoms with Crippen molar-refractivity contribution in [2.45, 2.75) is 0 Å². The quantitative estimate of drug-likeness (QED) is 0.505. The van der Waals surface area contributed by atoms with Gasteiger partial charge in [0.25, 0.3) is 0 Å². The molecule has 0 aromatic rings. The smallest absolute Gasteiger partial charge is 0.0980 e. The SMILES string of the molecule is CN1C=CC(Br)=[N+]1. The van der Waals surface area contributed by atoms with E-state index in [0.717, 1.165) is 4.62 Å². The fraction of sp³-hybridized carbons (Fsp3) is 0.250. The highest BCUT2D eigenvalue weighted by atomic mass is 79.9. The monoisotopic (exact) mass is 160 g/mol. The van der Waals surface area contributed by atoms with Crippen LogP contribution in [-0.2, 0) is 0 Å². The van der Waals surface area contributed by atoms with Gasteiger partial charge in [0, 0.05) is 22.0 Å². The van der Waals surface area contributed by atoms with E-state index in [4.69, 9.17) is 0 Å². The molecule has 3 heteroatoms. The molecule has 0 saturated carbocycles. The number of hydrogen-bond donors (Lipinski definition) is 0. The number of nitrogens with zero attached hydrogens (tertiary/aromatic N) is 2. The van der Waals surface area contributed by atoms with Crippen LogP contribution < -0.4 is 5.10 Å². The first-order valence-corrected chi connectivity index (χ1v) is 2.73. The van der Waals surface area contributed by atoms with Gasteiger partial charge in [0.1, 0.15) is 0 Å². The summed E-state index contributed by atoms with van der Waals surface area (Å²) in [4.78, 5) is 0. The first-order valence-electron chi connectivity index (χ1n) is 1.94. The lowest BCUT2D eigenvalue weighted by molar-refractivity contribution is 0.442. The number of hydrazone groups is 1. The first kappa shape index (κ1) is 4.84. The summed E-state index contributed by atoms with van der Waals surface area (Å²) in [5, 5.41) is 5.68. The molecule has 0 spiro atoms. The van der Waals surface area contributed by atoms with Crippen LogP contribution in [-0.4, -0.2) is 16.7 Å². The Bertz CT molecular complexity index is 128. The van der Waals surface area contributed by atoms with E-state index in [2.05, 4.69) is 21.0 Å². The van der Waals surface area contributed by atoms with E-state index < -0.39 is 0 Å². The molecule has 0 aromatic carbocycles. The van der Waals surface area contributed by atoms with Crippen LogP contribution in [0.3, 0.4) is 0 Å². The second-order valence-corrected chi connectivity index (χ2v) is 2.12. The summed E-state index contributed by atoms with van der Waals surface area (Å²) >= 11 is 3.20. The summed E-state index contributed by atoms with van der Waals surface area (Å²) in [5.41, 5.74) is 0. The van der Waals surface area contributed by atoms with Crippen molar-refractivity contribution >= 4 is 20.6 Å². The molecule has 1 aliphatic heterocycles. The zero-order valence-electron chi connectivity index (χ0n) is 3.93. The van der Waals surface area contributed by atoms with E-state index in [9.17, 15) is 0 Å². The van der Waals surface area contributed by atoms with Crippen molar-refractivity contribution < 1.29 is 0 Å². The number of rotatable bonds is 0. The van der Waals surface area contributed by atoms with Gasteiger partial charge < -0.3 is 0 Å². The lowest BCUT2D eigenvalue weighted by atomic mass is 10.7. The van der Waals surface area contributed by atoms with Crippen LogP contribution in [0.5, 0.6) is 0 Å². The van der Waals surface area contributed by atoms with Gasteiger partial charge in [-0.3, -0.25) is 0 Å². The minimum atomic E-state index is 0.884. The van der Waals surface area contributed by atoms with Crippen molar-refractivity contribution in [2.24, 2.45) is 0 Å². The molecular weight excluding hydrogens is 156 g/mol. The van der Waals surface area contributed by atoms with E-state index in [1.165, 1.54) is 0 Å². The molecule has 1 rings (SSSR count). The third-order valence-electron chi connectivity index (χ3n) is 0.681. The Kier molecular flexibility index (Phi) is 1.15. The van der Waals surface area contributed by atoms with E-state index in [1.54, 1.807) is 5.01 Å². The molecule has 7 heavy (non-hydrogen) atoms. The molecular formula is C4H5BrN2+. The third-order valence-corrected chi connectivity index (χ3v) is 1.10. The van der Waals surface area contributed by atoms with E-state index in [1.807, 2.05) is 19.3 Å². The third kappa shape index (κ3) is 1.03. The van der Waals surface area contributed by atoms with Crippen molar-refractivity contribution in [1.82, 2.24) is 10.1 Å². The average molecular weight is 161 g/mol. The Balaban J connectivity index is 2.69. The van der Waals surface area contributed by atoms with Crippen LogP contribution in [0.15, 0.2) is 12.3 Å². The predicted molar refractivity (Wildman–Crippen MR) is 33.0 cm³/mol. The van der Waals surface area contributed by atoms with Crippen LogP contribution >= 0.6 is 15.9 Å². The van der Waals surface area contributed by atoms with Gasteiger partial charge in [-0.2, -0.15) is 0 Å². The molecule has 0 N–H and O–H groups in total. The highest BCUT2D eigenvalue weighted by Gasteiger charge is 2.12. The second kappa shape index (κ2) is 1.66. The molecule has 1 radical (unpaired) electrons. The maximum absolute atomic E-state index is 3.94. The van der Waals surface area contributed by atoms with Gasteiger partial charge in [0.15, 0.2) is 5.10 Å². The second-order valence-electron chi connectivity index (χ2n) is 1.31. The maximum Gasteiger partial charge on any atom is 0.353 e. The summed E-state index contributed by atoms with van der Waals surface area (Å²) in [6, 6.07) is 0. The van der Waals surface area contributed by atoms with Crippen LogP contribution in [0.4, 0.5) is 0 Å². The number of allylic oxidation sites excluding steroid dienone is 1. The Hall–Kier alpha value is -0.310. The van der Waals surface area contributed by atoms with Crippen molar-refractivity contribution in [2.75, 3.05) is 7.05 Å². The summed E-state index contributed by atoms with van der Waals surface area (Å²) in [7, 11) is 1.88. The summed E-state index contributed by atoms with van der Waals surface area (Å²) < 4.78 is 0.884. The molecule has 0 aromatic heterocycles. The van der Waals surface area contributed by atoms with Gasteiger partial charge in [0.05, 0.1) is 13.2 Å². The van der Waals surface area contributed by atoms with Crippen LogP contribution in [0.25, 0.3) is 0 Å². The molecule has 0 saturated heterocycles. The predicted octanol–water partition coefficient (Wildman–Crippen LogP) is 0.490. The maximum atomic E-state index is 3.94. The van der Waals surface area contributed by atoms with Gasteiger partial charge in [0.2, 0.25) is 0 Å². The first-order chi connectivity index (χ1) is 3.29. The van der Waals surface area contributed by atoms with Crippen molar-refractivity contribution in [3.8, 4) is 0 Å². The average Bonchev–Trinajstić information content (AvgIpc) is 1.87. The number of halogens is 1. The van der Waals surface area contributed by atoms with Gasteiger partial charge in [-0.15, -0.1) is 0 Å². The summed E-state index contributed by atoms with van der Waals surface area (Å²) in [5.74, 6) is 0. The standard InChI is InChI=1S/C4H5BrN2/c1-7-3-2-4(5)6-7/h2-3H,1H3/q+1. The minimum Gasteiger partial charge on any atom is -0.0980 e. The van der Waals surface area contributed by atoms with E-state index >= 15 is 0 Å². The molecule has 0 amide bonds. The molecule has 37 valence electrons. The Morgan fingerprint density at radius 3 is 2.71 bits per heavy atom.